The molecule has 2 rings (SSSR count). The van der Waals surface area contributed by atoms with E-state index in [9.17, 15) is 9.90 Å². The van der Waals surface area contributed by atoms with Crippen molar-refractivity contribution < 1.29 is 19.7 Å². The van der Waals surface area contributed by atoms with Crippen LogP contribution in [0.4, 0.5) is 5.69 Å². The molecule has 2 aromatic carbocycles. The molecular formula is C19H22Cl2N2O4. The Morgan fingerprint density at radius 1 is 1.22 bits per heavy atom. The van der Waals surface area contributed by atoms with Crippen molar-refractivity contribution in [2.75, 3.05) is 18.9 Å². The number of carbonyl (C=O) groups is 1. The van der Waals surface area contributed by atoms with Crippen molar-refractivity contribution in [3.05, 3.63) is 57.6 Å². The maximum atomic E-state index is 10.5. The Morgan fingerprint density at radius 2 is 1.81 bits per heavy atom. The standard InChI is InChI=1S/C19H22Cl2N2O4/c1-11(6-12-2-4-14(5-3-12)27-10-18(25)26)23-9-17(24)13-7-15(20)19(22)16(21)8-13/h2-5,7-8,11,17,23-24H,6,9-10,22H2,1H3,(H,25,26). The van der Waals surface area contributed by atoms with E-state index >= 15 is 0 Å². The zero-order valence-electron chi connectivity index (χ0n) is 14.8. The molecule has 0 saturated carbocycles. The van der Waals surface area contributed by atoms with Gasteiger partial charge in [0.1, 0.15) is 5.75 Å². The fourth-order valence-electron chi connectivity index (χ4n) is 2.52. The van der Waals surface area contributed by atoms with Crippen LogP contribution >= 0.6 is 23.2 Å². The number of ether oxygens (including phenoxy) is 1. The van der Waals surface area contributed by atoms with Crippen molar-refractivity contribution in [1.29, 1.82) is 0 Å². The Bertz CT molecular complexity index is 761. The van der Waals surface area contributed by atoms with Gasteiger partial charge in [-0.05, 0) is 48.7 Å². The molecule has 0 aliphatic heterocycles. The molecule has 6 nitrogen and oxygen atoms in total. The van der Waals surface area contributed by atoms with E-state index in [0.717, 1.165) is 12.0 Å². The van der Waals surface area contributed by atoms with E-state index < -0.39 is 12.1 Å². The lowest BCUT2D eigenvalue weighted by Crippen LogP contribution is -2.32. The molecule has 0 aliphatic carbocycles. The number of rotatable bonds is 9. The first-order valence-electron chi connectivity index (χ1n) is 8.35. The maximum absolute atomic E-state index is 10.5. The minimum absolute atomic E-state index is 0.102. The smallest absolute Gasteiger partial charge is 0.341 e. The SMILES string of the molecule is CC(Cc1ccc(OCC(=O)O)cc1)NCC(O)c1cc(Cl)c(N)c(Cl)c1. The van der Waals surface area contributed by atoms with Gasteiger partial charge in [0, 0.05) is 12.6 Å². The molecule has 8 heteroatoms. The van der Waals surface area contributed by atoms with Crippen LogP contribution in [-0.4, -0.2) is 35.4 Å². The number of benzene rings is 2. The first-order valence-corrected chi connectivity index (χ1v) is 9.11. The highest BCUT2D eigenvalue weighted by Crippen LogP contribution is 2.31. The van der Waals surface area contributed by atoms with Crippen molar-refractivity contribution >= 4 is 34.9 Å². The van der Waals surface area contributed by atoms with Crippen LogP contribution < -0.4 is 15.8 Å². The van der Waals surface area contributed by atoms with E-state index in [4.69, 9.17) is 38.8 Å². The minimum Gasteiger partial charge on any atom is -0.482 e. The van der Waals surface area contributed by atoms with Crippen LogP contribution in [0.5, 0.6) is 5.75 Å². The van der Waals surface area contributed by atoms with E-state index in [1.165, 1.54) is 0 Å². The van der Waals surface area contributed by atoms with Crippen LogP contribution in [-0.2, 0) is 11.2 Å². The zero-order chi connectivity index (χ0) is 20.0. The summed E-state index contributed by atoms with van der Waals surface area (Å²) in [6.07, 6.45) is -0.0373. The Kier molecular flexibility index (Phi) is 7.74. The normalized spacial score (nSPS) is 13.2. The minimum atomic E-state index is -1.01. The van der Waals surface area contributed by atoms with Crippen LogP contribution in [0.1, 0.15) is 24.2 Å². The highest BCUT2D eigenvalue weighted by molar-refractivity contribution is 6.38. The second kappa shape index (κ2) is 9.80. The van der Waals surface area contributed by atoms with Crippen LogP contribution in [0.15, 0.2) is 36.4 Å². The summed E-state index contributed by atoms with van der Waals surface area (Å²) in [5.41, 5.74) is 7.66. The molecule has 27 heavy (non-hydrogen) atoms. The molecule has 0 radical (unpaired) electrons. The number of aliphatic hydroxyl groups excluding tert-OH is 1. The number of carboxylic acids is 1. The van der Waals surface area contributed by atoms with Gasteiger partial charge in [-0.3, -0.25) is 0 Å². The third kappa shape index (κ3) is 6.59. The maximum Gasteiger partial charge on any atom is 0.341 e. The number of hydrogen-bond acceptors (Lipinski definition) is 5. The monoisotopic (exact) mass is 412 g/mol. The molecule has 0 fully saturated rings. The molecule has 2 atom stereocenters. The summed E-state index contributed by atoms with van der Waals surface area (Å²) in [5, 5.41) is 22.8. The molecule has 0 spiro atoms. The van der Waals surface area contributed by atoms with Crippen LogP contribution in [0.2, 0.25) is 10.0 Å². The Morgan fingerprint density at radius 3 is 2.37 bits per heavy atom. The van der Waals surface area contributed by atoms with Crippen molar-refractivity contribution in [2.45, 2.75) is 25.5 Å². The van der Waals surface area contributed by atoms with Crippen LogP contribution in [0, 0.1) is 0 Å². The quantitative estimate of drug-likeness (QED) is 0.471. The Labute approximate surface area is 167 Å². The van der Waals surface area contributed by atoms with E-state index in [1.807, 2.05) is 19.1 Å². The van der Waals surface area contributed by atoms with Gasteiger partial charge in [0.25, 0.3) is 0 Å². The number of halogens is 2. The third-order valence-corrected chi connectivity index (χ3v) is 4.60. The molecule has 0 amide bonds. The van der Waals surface area contributed by atoms with Gasteiger partial charge in [-0.25, -0.2) is 4.79 Å². The first kappa shape index (κ1) is 21.3. The van der Waals surface area contributed by atoms with E-state index in [-0.39, 0.29) is 12.6 Å². The lowest BCUT2D eigenvalue weighted by atomic mass is 10.1. The number of hydrogen-bond donors (Lipinski definition) is 4. The number of carboxylic acid groups (broad SMARTS) is 1. The number of nitrogens with one attached hydrogen (secondary N) is 1. The second-order valence-corrected chi connectivity index (χ2v) is 7.07. The summed E-state index contributed by atoms with van der Waals surface area (Å²) in [5.74, 6) is -0.506. The third-order valence-electron chi connectivity index (χ3n) is 3.97. The summed E-state index contributed by atoms with van der Waals surface area (Å²) >= 11 is 12.0. The predicted molar refractivity (Wildman–Crippen MR) is 107 cm³/mol. The van der Waals surface area contributed by atoms with Gasteiger partial charge in [0.2, 0.25) is 0 Å². The lowest BCUT2D eigenvalue weighted by molar-refractivity contribution is -0.139. The number of aliphatic carboxylic acids is 1. The molecule has 2 unspecified atom stereocenters. The molecule has 146 valence electrons. The van der Waals surface area contributed by atoms with Gasteiger partial charge in [0.05, 0.1) is 21.8 Å². The van der Waals surface area contributed by atoms with Crippen molar-refractivity contribution in [1.82, 2.24) is 5.32 Å². The number of nitrogens with two attached hydrogens (primary N) is 1. The first-order chi connectivity index (χ1) is 12.8. The van der Waals surface area contributed by atoms with Gasteiger partial charge in [0.15, 0.2) is 6.61 Å². The Hall–Kier alpha value is -1.99. The average Bonchev–Trinajstić information content (AvgIpc) is 2.63. The highest BCUT2D eigenvalue weighted by Gasteiger charge is 2.13. The molecular weight excluding hydrogens is 391 g/mol. The summed E-state index contributed by atoms with van der Waals surface area (Å²) in [4.78, 5) is 10.5. The number of aliphatic hydroxyl groups is 1. The fourth-order valence-corrected chi connectivity index (χ4v) is 3.02. The van der Waals surface area contributed by atoms with E-state index in [0.29, 0.717) is 33.6 Å². The zero-order valence-corrected chi connectivity index (χ0v) is 16.3. The number of anilines is 1. The molecule has 0 heterocycles. The van der Waals surface area contributed by atoms with Gasteiger partial charge in [-0.1, -0.05) is 35.3 Å². The van der Waals surface area contributed by atoms with Crippen molar-refractivity contribution in [3.63, 3.8) is 0 Å². The lowest BCUT2D eigenvalue weighted by Gasteiger charge is -2.18. The average molecular weight is 413 g/mol. The van der Waals surface area contributed by atoms with Gasteiger partial charge in [-0.15, -0.1) is 0 Å². The summed E-state index contributed by atoms with van der Waals surface area (Å²) in [6, 6.07) is 10.5. The second-order valence-electron chi connectivity index (χ2n) is 6.25. The van der Waals surface area contributed by atoms with Crippen LogP contribution in [0.25, 0.3) is 0 Å². The molecule has 0 bridgehead atoms. The topological polar surface area (TPSA) is 105 Å². The molecule has 5 N–H and O–H groups in total. The van der Waals surface area contributed by atoms with E-state index in [2.05, 4.69) is 5.32 Å². The summed E-state index contributed by atoms with van der Waals surface area (Å²) in [7, 11) is 0. The highest BCUT2D eigenvalue weighted by atomic mass is 35.5. The summed E-state index contributed by atoms with van der Waals surface area (Å²) < 4.78 is 5.10. The van der Waals surface area contributed by atoms with Crippen LogP contribution in [0.3, 0.4) is 0 Å². The van der Waals surface area contributed by atoms with Crippen molar-refractivity contribution in [3.8, 4) is 5.75 Å². The fraction of sp³-hybridized carbons (Fsp3) is 0.316. The largest absolute Gasteiger partial charge is 0.482 e. The van der Waals surface area contributed by atoms with Gasteiger partial charge in [-0.2, -0.15) is 0 Å². The molecule has 0 aliphatic rings. The number of nitrogen functional groups attached to an aromatic ring is 1. The predicted octanol–water partition coefficient (Wildman–Crippen LogP) is 3.29. The Balaban J connectivity index is 1.85. The molecule has 2 aromatic rings. The van der Waals surface area contributed by atoms with E-state index in [1.54, 1.807) is 24.3 Å². The summed E-state index contributed by atoms with van der Waals surface area (Å²) in [6.45, 7) is 1.97. The van der Waals surface area contributed by atoms with Crippen molar-refractivity contribution in [2.24, 2.45) is 0 Å². The van der Waals surface area contributed by atoms with Gasteiger partial charge < -0.3 is 26.0 Å². The molecule has 0 aromatic heterocycles. The van der Waals surface area contributed by atoms with Gasteiger partial charge >= 0.3 is 5.97 Å². The molecule has 0 saturated heterocycles.